The lowest BCUT2D eigenvalue weighted by atomic mass is 9.89. The molecular weight excluding hydrogens is 198 g/mol. The summed E-state index contributed by atoms with van der Waals surface area (Å²) in [7, 11) is 0. The van der Waals surface area contributed by atoms with Gasteiger partial charge in [-0.3, -0.25) is 0 Å². The van der Waals surface area contributed by atoms with Gasteiger partial charge in [-0.05, 0) is 38.5 Å². The number of aliphatic hydroxyl groups is 1. The molecule has 0 bridgehead atoms. The van der Waals surface area contributed by atoms with Crippen molar-refractivity contribution in [1.29, 1.82) is 0 Å². The summed E-state index contributed by atoms with van der Waals surface area (Å²) in [6.45, 7) is 7.01. The lowest BCUT2D eigenvalue weighted by Crippen LogP contribution is -2.51. The Kier molecular flexibility index (Phi) is 5.77. The van der Waals surface area contributed by atoms with Gasteiger partial charge in [0.2, 0.25) is 0 Å². The Labute approximate surface area is 101 Å². The van der Waals surface area contributed by atoms with Crippen LogP contribution in [0.3, 0.4) is 0 Å². The summed E-state index contributed by atoms with van der Waals surface area (Å²) in [4.78, 5) is 0. The van der Waals surface area contributed by atoms with Crippen molar-refractivity contribution < 1.29 is 5.11 Å². The molecule has 96 valence electrons. The van der Waals surface area contributed by atoms with Crippen molar-refractivity contribution in [1.82, 2.24) is 5.32 Å². The van der Waals surface area contributed by atoms with Crippen LogP contribution in [0, 0.1) is 5.92 Å². The molecule has 0 aromatic heterocycles. The third-order valence-electron chi connectivity index (χ3n) is 4.34. The van der Waals surface area contributed by atoms with Gasteiger partial charge in [-0.15, -0.1) is 0 Å². The molecule has 0 saturated heterocycles. The van der Waals surface area contributed by atoms with Crippen LogP contribution in [0.2, 0.25) is 0 Å². The SMILES string of the molecule is CCC1CCCC(CO)(NC(C)CC)CC1. The minimum absolute atomic E-state index is 0.0132. The third kappa shape index (κ3) is 3.74. The second-order valence-corrected chi connectivity index (χ2v) is 5.60. The normalized spacial score (nSPS) is 33.4. The second kappa shape index (κ2) is 6.61. The summed E-state index contributed by atoms with van der Waals surface area (Å²) in [6, 6.07) is 0.519. The zero-order chi connectivity index (χ0) is 12.0. The summed E-state index contributed by atoms with van der Waals surface area (Å²) >= 11 is 0. The van der Waals surface area contributed by atoms with E-state index in [0.29, 0.717) is 12.6 Å². The van der Waals surface area contributed by atoms with E-state index < -0.39 is 0 Å². The van der Waals surface area contributed by atoms with Crippen molar-refractivity contribution in [3.63, 3.8) is 0 Å². The smallest absolute Gasteiger partial charge is 0.0613 e. The van der Waals surface area contributed by atoms with Crippen LogP contribution in [0.25, 0.3) is 0 Å². The van der Waals surface area contributed by atoms with E-state index in [4.69, 9.17) is 0 Å². The molecule has 0 spiro atoms. The molecule has 1 fully saturated rings. The monoisotopic (exact) mass is 227 g/mol. The molecule has 0 radical (unpaired) electrons. The molecule has 0 amide bonds. The maximum absolute atomic E-state index is 9.71. The predicted octanol–water partition coefficient (Wildman–Crippen LogP) is 3.10. The summed E-state index contributed by atoms with van der Waals surface area (Å²) in [5.41, 5.74) is 0.0132. The molecule has 2 heteroatoms. The Hall–Kier alpha value is -0.0800. The minimum Gasteiger partial charge on any atom is -0.394 e. The molecule has 0 aliphatic heterocycles. The van der Waals surface area contributed by atoms with Gasteiger partial charge < -0.3 is 10.4 Å². The maximum atomic E-state index is 9.71. The second-order valence-electron chi connectivity index (χ2n) is 5.60. The highest BCUT2D eigenvalue weighted by molar-refractivity contribution is 4.92. The van der Waals surface area contributed by atoms with Crippen LogP contribution in [-0.4, -0.2) is 23.3 Å². The highest BCUT2D eigenvalue weighted by Gasteiger charge is 2.32. The fourth-order valence-electron chi connectivity index (χ4n) is 2.86. The zero-order valence-electron chi connectivity index (χ0n) is 11.3. The Bertz CT molecular complexity index is 195. The Morgan fingerprint density at radius 2 is 2.06 bits per heavy atom. The fraction of sp³-hybridized carbons (Fsp3) is 1.00. The van der Waals surface area contributed by atoms with Crippen molar-refractivity contribution in [2.24, 2.45) is 5.92 Å². The maximum Gasteiger partial charge on any atom is 0.0613 e. The molecule has 2 N–H and O–H groups in total. The number of hydrogen-bond acceptors (Lipinski definition) is 2. The minimum atomic E-state index is 0.0132. The van der Waals surface area contributed by atoms with Gasteiger partial charge in [-0.25, -0.2) is 0 Å². The lowest BCUT2D eigenvalue weighted by molar-refractivity contribution is 0.131. The van der Waals surface area contributed by atoms with Gasteiger partial charge in [0, 0.05) is 11.6 Å². The van der Waals surface area contributed by atoms with Crippen molar-refractivity contribution in [2.75, 3.05) is 6.61 Å². The lowest BCUT2D eigenvalue weighted by Gasteiger charge is -2.35. The van der Waals surface area contributed by atoms with Crippen molar-refractivity contribution in [3.05, 3.63) is 0 Å². The first-order valence-corrected chi connectivity index (χ1v) is 7.04. The molecule has 0 heterocycles. The van der Waals surface area contributed by atoms with Gasteiger partial charge >= 0.3 is 0 Å². The molecule has 1 rings (SSSR count). The first-order chi connectivity index (χ1) is 7.65. The van der Waals surface area contributed by atoms with Crippen molar-refractivity contribution >= 4 is 0 Å². The van der Waals surface area contributed by atoms with Crippen LogP contribution in [0.4, 0.5) is 0 Å². The van der Waals surface area contributed by atoms with Crippen molar-refractivity contribution in [3.8, 4) is 0 Å². The van der Waals surface area contributed by atoms with Gasteiger partial charge in [0.05, 0.1) is 6.61 Å². The fourth-order valence-corrected chi connectivity index (χ4v) is 2.86. The highest BCUT2D eigenvalue weighted by atomic mass is 16.3. The summed E-state index contributed by atoms with van der Waals surface area (Å²) in [5, 5.41) is 13.4. The first-order valence-electron chi connectivity index (χ1n) is 7.04. The molecule has 1 saturated carbocycles. The number of rotatable bonds is 5. The molecule has 1 aliphatic carbocycles. The van der Waals surface area contributed by atoms with Gasteiger partial charge in [0.1, 0.15) is 0 Å². The molecule has 3 unspecified atom stereocenters. The molecule has 2 nitrogen and oxygen atoms in total. The average molecular weight is 227 g/mol. The quantitative estimate of drug-likeness (QED) is 0.707. The van der Waals surface area contributed by atoms with Gasteiger partial charge in [-0.1, -0.05) is 33.1 Å². The van der Waals surface area contributed by atoms with Gasteiger partial charge in [0.15, 0.2) is 0 Å². The molecule has 0 aromatic carbocycles. The highest BCUT2D eigenvalue weighted by Crippen LogP contribution is 2.32. The van der Waals surface area contributed by atoms with E-state index in [1.807, 2.05) is 0 Å². The molecule has 0 aromatic rings. The topological polar surface area (TPSA) is 32.3 Å². The summed E-state index contributed by atoms with van der Waals surface area (Å²) < 4.78 is 0. The van der Waals surface area contributed by atoms with Gasteiger partial charge in [0.25, 0.3) is 0 Å². The number of hydrogen-bond donors (Lipinski definition) is 2. The van der Waals surface area contributed by atoms with E-state index in [2.05, 4.69) is 26.1 Å². The van der Waals surface area contributed by atoms with E-state index in [-0.39, 0.29) is 5.54 Å². The van der Waals surface area contributed by atoms with Crippen LogP contribution in [0.5, 0.6) is 0 Å². The van der Waals surface area contributed by atoms with E-state index in [0.717, 1.165) is 25.2 Å². The molecule has 16 heavy (non-hydrogen) atoms. The van der Waals surface area contributed by atoms with Gasteiger partial charge in [-0.2, -0.15) is 0 Å². The van der Waals surface area contributed by atoms with Crippen molar-refractivity contribution in [2.45, 2.75) is 77.3 Å². The van der Waals surface area contributed by atoms with E-state index in [1.165, 1.54) is 25.7 Å². The standard InChI is InChI=1S/C14H29NO/c1-4-12(3)15-14(11-16)9-6-7-13(5-2)8-10-14/h12-13,15-16H,4-11H2,1-3H3. The summed E-state index contributed by atoms with van der Waals surface area (Å²) in [6.07, 6.45) is 8.61. The predicted molar refractivity (Wildman–Crippen MR) is 69.6 cm³/mol. The number of aliphatic hydroxyl groups excluding tert-OH is 1. The van der Waals surface area contributed by atoms with E-state index in [9.17, 15) is 5.11 Å². The number of nitrogens with one attached hydrogen (secondary N) is 1. The molecule has 1 aliphatic rings. The zero-order valence-corrected chi connectivity index (χ0v) is 11.3. The van der Waals surface area contributed by atoms with E-state index >= 15 is 0 Å². The van der Waals surface area contributed by atoms with Crippen LogP contribution in [0.15, 0.2) is 0 Å². The summed E-state index contributed by atoms with van der Waals surface area (Å²) in [5.74, 6) is 0.882. The molecular formula is C14H29NO. The van der Waals surface area contributed by atoms with E-state index in [1.54, 1.807) is 0 Å². The van der Waals surface area contributed by atoms with Crippen LogP contribution in [-0.2, 0) is 0 Å². The largest absolute Gasteiger partial charge is 0.394 e. The molecule has 3 atom stereocenters. The van der Waals surface area contributed by atoms with Crippen LogP contribution in [0.1, 0.15) is 65.7 Å². The Morgan fingerprint density at radius 3 is 2.62 bits per heavy atom. The Morgan fingerprint density at radius 1 is 1.31 bits per heavy atom. The van der Waals surface area contributed by atoms with Crippen LogP contribution >= 0.6 is 0 Å². The Balaban J connectivity index is 2.57. The van der Waals surface area contributed by atoms with Crippen LogP contribution < -0.4 is 5.32 Å². The first kappa shape index (κ1) is 14.0. The third-order valence-corrected chi connectivity index (χ3v) is 4.34. The average Bonchev–Trinajstić information content (AvgIpc) is 2.52.